The minimum absolute atomic E-state index is 0.490. The Morgan fingerprint density at radius 1 is 1.40 bits per heavy atom. The zero-order valence-corrected chi connectivity index (χ0v) is 9.51. The Bertz CT molecular complexity index is 354. The highest BCUT2D eigenvalue weighted by atomic mass is 16.3. The molecule has 0 aliphatic carbocycles. The van der Waals surface area contributed by atoms with Gasteiger partial charge in [0.15, 0.2) is 0 Å². The molecule has 1 aromatic rings. The van der Waals surface area contributed by atoms with Crippen LogP contribution < -0.4 is 5.32 Å². The molecule has 2 heteroatoms. The first-order chi connectivity index (χ1) is 7.18. The van der Waals surface area contributed by atoms with E-state index in [1.165, 1.54) is 12.8 Å². The zero-order chi connectivity index (χ0) is 10.8. The van der Waals surface area contributed by atoms with Crippen LogP contribution in [0.25, 0.3) is 0 Å². The van der Waals surface area contributed by atoms with Gasteiger partial charge in [-0.1, -0.05) is 12.1 Å². The molecule has 1 saturated heterocycles. The van der Waals surface area contributed by atoms with E-state index in [1.54, 1.807) is 0 Å². The predicted molar refractivity (Wildman–Crippen MR) is 62.3 cm³/mol. The zero-order valence-electron chi connectivity index (χ0n) is 9.51. The van der Waals surface area contributed by atoms with Crippen LogP contribution in [0.5, 0.6) is 5.75 Å². The fourth-order valence-electron chi connectivity index (χ4n) is 2.22. The van der Waals surface area contributed by atoms with Crippen molar-refractivity contribution in [2.75, 3.05) is 6.54 Å². The van der Waals surface area contributed by atoms with E-state index in [0.717, 1.165) is 29.7 Å². The molecule has 1 aromatic carbocycles. The van der Waals surface area contributed by atoms with Gasteiger partial charge in [0.05, 0.1) is 0 Å². The van der Waals surface area contributed by atoms with E-state index in [4.69, 9.17) is 0 Å². The first-order valence-electron chi connectivity index (χ1n) is 5.70. The number of hydrogen-bond acceptors (Lipinski definition) is 2. The maximum atomic E-state index is 10.0. The van der Waals surface area contributed by atoms with Gasteiger partial charge in [-0.25, -0.2) is 0 Å². The summed E-state index contributed by atoms with van der Waals surface area (Å²) in [5, 5.41) is 13.5. The molecule has 1 heterocycles. The minimum atomic E-state index is 0.490. The average molecular weight is 205 g/mol. The summed E-state index contributed by atoms with van der Waals surface area (Å²) >= 11 is 0. The third kappa shape index (κ3) is 2.15. The number of nitrogens with one attached hydrogen (secondary N) is 1. The Morgan fingerprint density at radius 2 is 2.20 bits per heavy atom. The van der Waals surface area contributed by atoms with Crippen molar-refractivity contribution in [2.45, 2.75) is 39.2 Å². The highest BCUT2D eigenvalue weighted by Gasteiger charge is 2.16. The Kier molecular flexibility index (Phi) is 2.96. The van der Waals surface area contributed by atoms with Gasteiger partial charge < -0.3 is 10.4 Å². The fourth-order valence-corrected chi connectivity index (χ4v) is 2.22. The summed E-state index contributed by atoms with van der Waals surface area (Å²) in [5.74, 6) is 0.490. The quantitative estimate of drug-likeness (QED) is 0.776. The number of phenols is 1. The Morgan fingerprint density at radius 3 is 2.87 bits per heavy atom. The van der Waals surface area contributed by atoms with Crippen molar-refractivity contribution in [2.24, 2.45) is 0 Å². The Balaban J connectivity index is 2.17. The van der Waals surface area contributed by atoms with Gasteiger partial charge in [0, 0.05) is 6.04 Å². The molecule has 0 radical (unpaired) electrons. The molecule has 1 atom stereocenters. The lowest BCUT2D eigenvalue weighted by atomic mass is 9.98. The summed E-state index contributed by atoms with van der Waals surface area (Å²) in [6, 6.07) is 4.70. The fraction of sp³-hybridized carbons (Fsp3) is 0.538. The summed E-state index contributed by atoms with van der Waals surface area (Å²) in [4.78, 5) is 0. The van der Waals surface area contributed by atoms with Gasteiger partial charge in [-0.3, -0.25) is 0 Å². The highest BCUT2D eigenvalue weighted by molar-refractivity contribution is 5.44. The van der Waals surface area contributed by atoms with Crippen molar-refractivity contribution in [1.29, 1.82) is 0 Å². The monoisotopic (exact) mass is 205 g/mol. The summed E-state index contributed by atoms with van der Waals surface area (Å²) in [5.41, 5.74) is 3.26. The van der Waals surface area contributed by atoms with E-state index in [0.29, 0.717) is 11.8 Å². The van der Waals surface area contributed by atoms with Crippen LogP contribution in [0, 0.1) is 13.8 Å². The van der Waals surface area contributed by atoms with Crippen molar-refractivity contribution in [3.63, 3.8) is 0 Å². The summed E-state index contributed by atoms with van der Waals surface area (Å²) in [7, 11) is 0. The van der Waals surface area contributed by atoms with Gasteiger partial charge in [-0.15, -0.1) is 0 Å². The molecule has 82 valence electrons. The topological polar surface area (TPSA) is 32.3 Å². The molecular weight excluding hydrogens is 186 g/mol. The van der Waals surface area contributed by atoms with Gasteiger partial charge in [0.2, 0.25) is 0 Å². The third-order valence-electron chi connectivity index (χ3n) is 3.41. The molecule has 1 unspecified atom stereocenters. The smallest absolute Gasteiger partial charge is 0.121 e. The van der Waals surface area contributed by atoms with Crippen LogP contribution in [0.1, 0.15) is 29.5 Å². The molecule has 0 amide bonds. The van der Waals surface area contributed by atoms with Crippen LogP contribution in [-0.4, -0.2) is 17.7 Å². The van der Waals surface area contributed by atoms with Crippen LogP contribution in [-0.2, 0) is 6.42 Å². The second kappa shape index (κ2) is 4.23. The molecule has 0 aromatic heterocycles. The van der Waals surface area contributed by atoms with E-state index >= 15 is 0 Å². The lowest BCUT2D eigenvalue weighted by Crippen LogP contribution is -2.23. The number of phenolic OH excluding ortho intramolecular Hbond substituents is 1. The molecule has 1 aliphatic rings. The molecule has 1 fully saturated rings. The molecule has 0 spiro atoms. The summed E-state index contributed by atoms with van der Waals surface area (Å²) < 4.78 is 0. The Labute approximate surface area is 91.3 Å². The number of aromatic hydroxyl groups is 1. The second-order valence-electron chi connectivity index (χ2n) is 4.51. The van der Waals surface area contributed by atoms with E-state index in [2.05, 4.69) is 17.4 Å². The van der Waals surface area contributed by atoms with Crippen molar-refractivity contribution < 1.29 is 5.11 Å². The summed E-state index contributed by atoms with van der Waals surface area (Å²) in [6.07, 6.45) is 3.44. The number of rotatable bonds is 2. The molecule has 2 nitrogen and oxygen atoms in total. The van der Waals surface area contributed by atoms with Crippen LogP contribution in [0.4, 0.5) is 0 Å². The van der Waals surface area contributed by atoms with Crippen molar-refractivity contribution >= 4 is 0 Å². The maximum absolute atomic E-state index is 10.0. The van der Waals surface area contributed by atoms with Crippen LogP contribution in [0.3, 0.4) is 0 Å². The second-order valence-corrected chi connectivity index (χ2v) is 4.51. The van der Waals surface area contributed by atoms with Crippen LogP contribution >= 0.6 is 0 Å². The van der Waals surface area contributed by atoms with Crippen molar-refractivity contribution in [3.8, 4) is 5.75 Å². The van der Waals surface area contributed by atoms with E-state index in [1.807, 2.05) is 13.8 Å². The van der Waals surface area contributed by atoms with Crippen molar-refractivity contribution in [1.82, 2.24) is 5.32 Å². The minimum Gasteiger partial charge on any atom is -0.507 e. The number of benzene rings is 1. The van der Waals surface area contributed by atoms with E-state index in [-0.39, 0.29) is 0 Å². The summed E-state index contributed by atoms with van der Waals surface area (Å²) in [6.45, 7) is 5.14. The Hall–Kier alpha value is -1.02. The molecule has 2 N–H and O–H groups in total. The van der Waals surface area contributed by atoms with Crippen LogP contribution in [0.2, 0.25) is 0 Å². The lowest BCUT2D eigenvalue weighted by molar-refractivity contribution is 0.457. The molecular formula is C13H19NO. The molecule has 1 aliphatic heterocycles. The van der Waals surface area contributed by atoms with Crippen LogP contribution in [0.15, 0.2) is 12.1 Å². The van der Waals surface area contributed by atoms with Gasteiger partial charge in [-0.05, 0) is 56.3 Å². The standard InChI is InChI=1S/C13H19NO/c1-9-5-6-11(13(15)10(9)2)8-12-4-3-7-14-12/h5-6,12,14-15H,3-4,7-8H2,1-2H3. The lowest BCUT2D eigenvalue weighted by Gasteiger charge is -2.13. The van der Waals surface area contributed by atoms with E-state index in [9.17, 15) is 5.11 Å². The molecule has 0 bridgehead atoms. The first kappa shape index (κ1) is 10.5. The van der Waals surface area contributed by atoms with Gasteiger partial charge in [0.1, 0.15) is 5.75 Å². The van der Waals surface area contributed by atoms with Gasteiger partial charge >= 0.3 is 0 Å². The van der Waals surface area contributed by atoms with E-state index < -0.39 is 0 Å². The highest BCUT2D eigenvalue weighted by Crippen LogP contribution is 2.26. The third-order valence-corrected chi connectivity index (χ3v) is 3.41. The molecule has 0 saturated carbocycles. The predicted octanol–water partition coefficient (Wildman–Crippen LogP) is 2.30. The first-order valence-corrected chi connectivity index (χ1v) is 5.70. The van der Waals surface area contributed by atoms with Gasteiger partial charge in [0.25, 0.3) is 0 Å². The maximum Gasteiger partial charge on any atom is 0.121 e. The largest absolute Gasteiger partial charge is 0.507 e. The number of aryl methyl sites for hydroxylation is 1. The van der Waals surface area contributed by atoms with Crippen molar-refractivity contribution in [3.05, 3.63) is 28.8 Å². The van der Waals surface area contributed by atoms with Gasteiger partial charge in [-0.2, -0.15) is 0 Å². The molecule has 15 heavy (non-hydrogen) atoms. The number of hydrogen-bond donors (Lipinski definition) is 2. The molecule has 2 rings (SSSR count). The average Bonchev–Trinajstić information content (AvgIpc) is 2.72. The SMILES string of the molecule is Cc1ccc(CC2CCCN2)c(O)c1C. The normalized spacial score (nSPS) is 20.8.